The van der Waals surface area contributed by atoms with Gasteiger partial charge in [0.05, 0.1) is 11.6 Å². The van der Waals surface area contributed by atoms with Crippen LogP contribution < -0.4 is 15.8 Å². The summed E-state index contributed by atoms with van der Waals surface area (Å²) in [5, 5.41) is 4.16. The maximum atomic E-state index is 13.0. The monoisotopic (exact) mass is 327 g/mol. The van der Waals surface area contributed by atoms with Crippen molar-refractivity contribution in [3.8, 4) is 0 Å². The third-order valence-electron chi connectivity index (χ3n) is 3.92. The Balaban J connectivity index is 1.60. The van der Waals surface area contributed by atoms with Crippen LogP contribution >= 0.6 is 0 Å². The molecule has 1 fully saturated rings. The zero-order valence-corrected chi connectivity index (χ0v) is 13.3. The van der Waals surface area contributed by atoms with E-state index < -0.39 is 5.92 Å². The highest BCUT2D eigenvalue weighted by molar-refractivity contribution is 6.00. The molecule has 0 spiro atoms. The Labute approximate surface area is 139 Å². The normalized spacial score (nSPS) is 17.2. The zero-order valence-electron chi connectivity index (χ0n) is 13.3. The van der Waals surface area contributed by atoms with Crippen LogP contribution in [-0.2, 0) is 9.59 Å². The molecule has 3 rings (SSSR count). The number of hydrogen-bond acceptors (Lipinski definition) is 3. The Morgan fingerprint density at radius 2 is 1.88 bits per heavy atom. The molecule has 2 amide bonds. The van der Waals surface area contributed by atoms with E-state index >= 15 is 0 Å². The number of aryl methyl sites for hydroxylation is 1. The van der Waals surface area contributed by atoms with Gasteiger partial charge in [0.25, 0.3) is 0 Å². The Bertz CT molecular complexity index is 744. The molecule has 1 aliphatic heterocycles. The van der Waals surface area contributed by atoms with Crippen LogP contribution in [-0.4, -0.2) is 18.4 Å². The van der Waals surface area contributed by atoms with E-state index in [-0.39, 0.29) is 24.1 Å². The van der Waals surface area contributed by atoms with E-state index in [4.69, 9.17) is 0 Å². The Kier molecular flexibility index (Phi) is 4.57. The molecule has 5 nitrogen and oxygen atoms in total. The maximum absolute atomic E-state index is 13.0. The zero-order chi connectivity index (χ0) is 17.1. The maximum Gasteiger partial charge on any atom is 0.246 e. The molecule has 2 N–H and O–H groups in total. The number of carbonyl (C=O) groups is 2. The molecule has 1 heterocycles. The van der Waals surface area contributed by atoms with Gasteiger partial charge < -0.3 is 5.32 Å². The van der Waals surface area contributed by atoms with Crippen LogP contribution in [0.1, 0.15) is 12.0 Å². The van der Waals surface area contributed by atoms with Crippen LogP contribution in [0.3, 0.4) is 0 Å². The number of halogens is 1. The van der Waals surface area contributed by atoms with Crippen LogP contribution in [0, 0.1) is 18.7 Å². The van der Waals surface area contributed by atoms with Gasteiger partial charge in [0, 0.05) is 18.7 Å². The molecule has 124 valence electrons. The number of nitrogens with one attached hydrogen (secondary N) is 2. The van der Waals surface area contributed by atoms with Crippen molar-refractivity contribution < 1.29 is 14.0 Å². The quantitative estimate of drug-likeness (QED) is 0.907. The summed E-state index contributed by atoms with van der Waals surface area (Å²) in [4.78, 5) is 24.5. The standard InChI is InChI=1S/C18H18FN3O2/c1-12-2-6-15(7-3-12)21-17(23)10-13-11-20-22(18(13)24)16-8-4-14(19)5-9-16/h2-9,13,20H,10-11H2,1H3,(H,21,23). The Morgan fingerprint density at radius 3 is 2.54 bits per heavy atom. The predicted octanol–water partition coefficient (Wildman–Crippen LogP) is 2.63. The molecule has 1 saturated heterocycles. The lowest BCUT2D eigenvalue weighted by Gasteiger charge is -2.16. The van der Waals surface area contributed by atoms with E-state index in [1.54, 1.807) is 0 Å². The van der Waals surface area contributed by atoms with Crippen LogP contribution in [0.4, 0.5) is 15.8 Å². The van der Waals surface area contributed by atoms with Crippen LogP contribution in [0.15, 0.2) is 48.5 Å². The summed E-state index contributed by atoms with van der Waals surface area (Å²) in [6.07, 6.45) is 0.0946. The molecule has 2 aromatic carbocycles. The van der Waals surface area contributed by atoms with Crippen molar-refractivity contribution in [2.24, 2.45) is 5.92 Å². The smallest absolute Gasteiger partial charge is 0.246 e. The largest absolute Gasteiger partial charge is 0.326 e. The van der Waals surface area contributed by atoms with E-state index in [2.05, 4.69) is 10.7 Å². The van der Waals surface area contributed by atoms with Gasteiger partial charge in [-0.3, -0.25) is 9.59 Å². The average molecular weight is 327 g/mol. The molecule has 24 heavy (non-hydrogen) atoms. The van der Waals surface area contributed by atoms with Crippen molar-refractivity contribution in [3.05, 3.63) is 59.9 Å². The summed E-state index contributed by atoms with van der Waals surface area (Å²) >= 11 is 0. The number of benzene rings is 2. The van der Waals surface area contributed by atoms with Gasteiger partial charge >= 0.3 is 0 Å². The number of carbonyl (C=O) groups excluding carboxylic acids is 2. The second-order valence-electron chi connectivity index (χ2n) is 5.83. The molecule has 2 aromatic rings. The fourth-order valence-corrected chi connectivity index (χ4v) is 2.59. The summed E-state index contributed by atoms with van der Waals surface area (Å²) < 4.78 is 13.0. The summed E-state index contributed by atoms with van der Waals surface area (Å²) in [6, 6.07) is 13.1. The SMILES string of the molecule is Cc1ccc(NC(=O)CC2CNN(c3ccc(F)cc3)C2=O)cc1. The molecule has 1 atom stereocenters. The van der Waals surface area contributed by atoms with Crippen LogP contribution in [0.25, 0.3) is 0 Å². The number of amides is 2. The minimum Gasteiger partial charge on any atom is -0.326 e. The Hall–Kier alpha value is -2.73. The average Bonchev–Trinajstić information content (AvgIpc) is 2.91. The van der Waals surface area contributed by atoms with Gasteiger partial charge in [0.15, 0.2) is 0 Å². The van der Waals surface area contributed by atoms with E-state index in [0.717, 1.165) is 5.56 Å². The van der Waals surface area contributed by atoms with E-state index in [0.29, 0.717) is 17.9 Å². The summed E-state index contributed by atoms with van der Waals surface area (Å²) in [7, 11) is 0. The lowest BCUT2D eigenvalue weighted by Crippen LogP contribution is -2.34. The van der Waals surface area contributed by atoms with Crippen molar-refractivity contribution >= 4 is 23.2 Å². The molecule has 0 bridgehead atoms. The lowest BCUT2D eigenvalue weighted by atomic mass is 10.1. The van der Waals surface area contributed by atoms with E-state index in [1.807, 2.05) is 31.2 Å². The van der Waals surface area contributed by atoms with Gasteiger partial charge in [-0.25, -0.2) is 14.8 Å². The van der Waals surface area contributed by atoms with E-state index in [9.17, 15) is 14.0 Å². The second-order valence-corrected chi connectivity index (χ2v) is 5.83. The first-order valence-electron chi connectivity index (χ1n) is 7.72. The fourth-order valence-electron chi connectivity index (χ4n) is 2.59. The highest BCUT2D eigenvalue weighted by Gasteiger charge is 2.34. The summed E-state index contributed by atoms with van der Waals surface area (Å²) in [5.41, 5.74) is 5.33. The molecule has 0 aliphatic carbocycles. The Morgan fingerprint density at radius 1 is 1.21 bits per heavy atom. The first-order valence-corrected chi connectivity index (χ1v) is 7.72. The van der Waals surface area contributed by atoms with Gasteiger partial charge in [-0.15, -0.1) is 0 Å². The number of hydrogen-bond donors (Lipinski definition) is 2. The highest BCUT2D eigenvalue weighted by Crippen LogP contribution is 2.22. The molecule has 1 unspecified atom stereocenters. The second kappa shape index (κ2) is 6.80. The third kappa shape index (κ3) is 3.60. The number of nitrogens with zero attached hydrogens (tertiary/aromatic N) is 1. The first kappa shape index (κ1) is 16.1. The van der Waals surface area contributed by atoms with Gasteiger partial charge in [-0.2, -0.15) is 0 Å². The molecular weight excluding hydrogens is 309 g/mol. The van der Waals surface area contributed by atoms with Crippen molar-refractivity contribution in [1.29, 1.82) is 0 Å². The molecule has 6 heteroatoms. The van der Waals surface area contributed by atoms with Gasteiger partial charge in [0.2, 0.25) is 11.8 Å². The fraction of sp³-hybridized carbons (Fsp3) is 0.222. The van der Waals surface area contributed by atoms with Gasteiger partial charge in [0.1, 0.15) is 5.82 Å². The van der Waals surface area contributed by atoms with Crippen LogP contribution in [0.2, 0.25) is 0 Å². The molecule has 0 saturated carbocycles. The lowest BCUT2D eigenvalue weighted by molar-refractivity contribution is -0.124. The molecule has 0 aromatic heterocycles. The van der Waals surface area contributed by atoms with Crippen LogP contribution in [0.5, 0.6) is 0 Å². The minimum atomic E-state index is -0.444. The van der Waals surface area contributed by atoms with E-state index in [1.165, 1.54) is 29.3 Å². The summed E-state index contributed by atoms with van der Waals surface area (Å²) in [6.45, 7) is 2.34. The highest BCUT2D eigenvalue weighted by atomic mass is 19.1. The minimum absolute atomic E-state index is 0.0946. The van der Waals surface area contributed by atoms with Crippen molar-refractivity contribution in [3.63, 3.8) is 0 Å². The van der Waals surface area contributed by atoms with Gasteiger partial charge in [-0.05, 0) is 43.3 Å². The summed E-state index contributed by atoms with van der Waals surface area (Å²) in [5.74, 6) is -1.21. The molecular formula is C18H18FN3O2. The number of rotatable bonds is 4. The predicted molar refractivity (Wildman–Crippen MR) is 89.8 cm³/mol. The number of hydrazine groups is 1. The first-order chi connectivity index (χ1) is 11.5. The topological polar surface area (TPSA) is 61.4 Å². The van der Waals surface area contributed by atoms with Crippen molar-refractivity contribution in [2.75, 3.05) is 16.9 Å². The number of anilines is 2. The van der Waals surface area contributed by atoms with Crippen molar-refractivity contribution in [2.45, 2.75) is 13.3 Å². The molecule has 0 radical (unpaired) electrons. The van der Waals surface area contributed by atoms with Gasteiger partial charge in [-0.1, -0.05) is 17.7 Å². The van der Waals surface area contributed by atoms with Crippen molar-refractivity contribution in [1.82, 2.24) is 5.43 Å². The molecule has 1 aliphatic rings. The third-order valence-corrected chi connectivity index (χ3v) is 3.92.